The van der Waals surface area contributed by atoms with E-state index in [9.17, 15) is 14.7 Å². The van der Waals surface area contributed by atoms with E-state index in [4.69, 9.17) is 11.6 Å². The molecule has 0 unspecified atom stereocenters. The predicted octanol–water partition coefficient (Wildman–Crippen LogP) is 3.75. The second-order valence-electron chi connectivity index (χ2n) is 7.84. The molecule has 1 aliphatic heterocycles. The summed E-state index contributed by atoms with van der Waals surface area (Å²) in [5.74, 6) is -1.89. The zero-order valence-corrected chi connectivity index (χ0v) is 17.4. The molecule has 2 aromatic rings. The third kappa shape index (κ3) is 3.40. The molecule has 156 valence electrons. The molecule has 1 atom stereocenters. The number of nitrogens with zero attached hydrogens (tertiary/aromatic N) is 3. The Morgan fingerprint density at radius 3 is 2.59 bits per heavy atom. The number of fused-ring (bicyclic) bond motifs is 1. The van der Waals surface area contributed by atoms with E-state index in [1.807, 2.05) is 4.90 Å². The van der Waals surface area contributed by atoms with Crippen LogP contribution in [0.5, 0.6) is 0 Å². The summed E-state index contributed by atoms with van der Waals surface area (Å²) in [6.45, 7) is 7.45. The van der Waals surface area contributed by atoms with Gasteiger partial charge in [-0.3, -0.25) is 9.69 Å². The van der Waals surface area contributed by atoms with Gasteiger partial charge in [-0.15, -0.1) is 0 Å². The average Bonchev–Trinajstić information content (AvgIpc) is 3.42. The molecule has 0 spiro atoms. The van der Waals surface area contributed by atoms with Crippen molar-refractivity contribution >= 4 is 34.2 Å². The molecular weight excluding hydrogens is 397 g/mol. The molecule has 0 radical (unpaired) electrons. The third-order valence-corrected chi connectivity index (χ3v) is 6.52. The molecule has 29 heavy (non-hydrogen) atoms. The van der Waals surface area contributed by atoms with Crippen molar-refractivity contribution in [3.63, 3.8) is 0 Å². The molecule has 1 saturated carbocycles. The number of pyridine rings is 1. The molecule has 0 bridgehead atoms. The summed E-state index contributed by atoms with van der Waals surface area (Å²) in [5, 5.41) is 9.62. The molecule has 8 heteroatoms. The van der Waals surface area contributed by atoms with Crippen molar-refractivity contribution in [2.24, 2.45) is 0 Å². The molecule has 1 aromatic carbocycles. The van der Waals surface area contributed by atoms with Crippen LogP contribution in [-0.2, 0) is 0 Å². The van der Waals surface area contributed by atoms with Crippen molar-refractivity contribution < 1.29 is 14.3 Å². The van der Waals surface area contributed by atoms with Crippen LogP contribution in [0.4, 0.5) is 10.1 Å². The maximum Gasteiger partial charge on any atom is 0.341 e. The maximum absolute atomic E-state index is 15.2. The fourth-order valence-corrected chi connectivity index (χ4v) is 4.91. The minimum Gasteiger partial charge on any atom is -0.477 e. The van der Waals surface area contributed by atoms with E-state index in [-0.39, 0.29) is 22.0 Å². The highest BCUT2D eigenvalue weighted by Crippen LogP contribution is 2.42. The topological polar surface area (TPSA) is 65.8 Å². The van der Waals surface area contributed by atoms with Gasteiger partial charge in [0, 0.05) is 31.4 Å². The third-order valence-electron chi connectivity index (χ3n) is 6.16. The van der Waals surface area contributed by atoms with E-state index >= 15 is 4.39 Å². The van der Waals surface area contributed by atoms with Gasteiger partial charge < -0.3 is 14.6 Å². The number of anilines is 1. The van der Waals surface area contributed by atoms with Gasteiger partial charge in [-0.25, -0.2) is 9.18 Å². The van der Waals surface area contributed by atoms with Crippen molar-refractivity contribution in [3.05, 3.63) is 38.9 Å². The number of carbonyl (C=O) groups is 1. The monoisotopic (exact) mass is 421 g/mol. The Morgan fingerprint density at radius 2 is 2.00 bits per heavy atom. The second-order valence-corrected chi connectivity index (χ2v) is 8.22. The SMILES string of the molecule is CCN(CC)[C@H]1CCN(c2c(F)cc3c(=O)c(C(=O)O)cn(C4CC4)c3c2Cl)C1. The minimum atomic E-state index is -1.31. The van der Waals surface area contributed by atoms with E-state index in [0.29, 0.717) is 30.3 Å². The Hall–Kier alpha value is -2.12. The highest BCUT2D eigenvalue weighted by molar-refractivity contribution is 6.38. The Balaban J connectivity index is 1.85. The number of carboxylic acids is 1. The fraction of sp³-hybridized carbons (Fsp3) is 0.524. The van der Waals surface area contributed by atoms with Crippen LogP contribution in [0.1, 0.15) is 49.5 Å². The molecule has 1 N–H and O–H groups in total. The lowest BCUT2D eigenvalue weighted by Crippen LogP contribution is -2.37. The molecule has 1 saturated heterocycles. The van der Waals surface area contributed by atoms with Crippen molar-refractivity contribution in [2.45, 2.75) is 45.2 Å². The summed E-state index contributed by atoms with van der Waals surface area (Å²) in [5.41, 5.74) is -0.299. The van der Waals surface area contributed by atoms with Crippen LogP contribution in [0.15, 0.2) is 17.1 Å². The lowest BCUT2D eigenvalue weighted by Gasteiger charge is -2.27. The van der Waals surface area contributed by atoms with Gasteiger partial charge in [0.15, 0.2) is 0 Å². The van der Waals surface area contributed by atoms with E-state index in [1.165, 1.54) is 6.20 Å². The number of hydrogen-bond acceptors (Lipinski definition) is 4. The molecule has 6 nitrogen and oxygen atoms in total. The predicted molar refractivity (Wildman–Crippen MR) is 112 cm³/mol. The highest BCUT2D eigenvalue weighted by Gasteiger charge is 2.33. The average molecular weight is 422 g/mol. The number of likely N-dealkylation sites (N-methyl/N-ethyl adjacent to an activating group) is 1. The molecule has 2 aliphatic rings. The summed E-state index contributed by atoms with van der Waals surface area (Å²) >= 11 is 6.70. The molecule has 2 fully saturated rings. The molecule has 2 heterocycles. The molecule has 1 aromatic heterocycles. The molecule has 0 amide bonds. The number of rotatable bonds is 6. The Kier molecular flexibility index (Phi) is 5.29. The summed E-state index contributed by atoms with van der Waals surface area (Å²) in [6.07, 6.45) is 4.05. The van der Waals surface area contributed by atoms with Crippen LogP contribution in [-0.4, -0.2) is 52.8 Å². The van der Waals surface area contributed by atoms with Crippen LogP contribution >= 0.6 is 11.6 Å². The van der Waals surface area contributed by atoms with Gasteiger partial charge in [-0.2, -0.15) is 0 Å². The number of aromatic nitrogens is 1. The van der Waals surface area contributed by atoms with E-state index in [2.05, 4.69) is 18.7 Å². The van der Waals surface area contributed by atoms with Crippen molar-refractivity contribution in [1.29, 1.82) is 0 Å². The van der Waals surface area contributed by atoms with Crippen molar-refractivity contribution in [2.75, 3.05) is 31.1 Å². The van der Waals surface area contributed by atoms with Gasteiger partial charge in [0.2, 0.25) is 5.43 Å². The number of aromatic carboxylic acids is 1. The summed E-state index contributed by atoms with van der Waals surface area (Å²) < 4.78 is 16.9. The summed E-state index contributed by atoms with van der Waals surface area (Å²) in [7, 11) is 0. The fourth-order valence-electron chi connectivity index (χ4n) is 4.50. The van der Waals surface area contributed by atoms with Crippen LogP contribution in [0, 0.1) is 5.82 Å². The molecular formula is C21H25ClFN3O3. The maximum atomic E-state index is 15.2. The Labute approximate surface area is 173 Å². The van der Waals surface area contributed by atoms with Gasteiger partial charge in [0.25, 0.3) is 0 Å². The van der Waals surface area contributed by atoms with Crippen LogP contribution in [0.3, 0.4) is 0 Å². The zero-order chi connectivity index (χ0) is 20.9. The summed E-state index contributed by atoms with van der Waals surface area (Å²) in [4.78, 5) is 28.5. The first-order valence-electron chi connectivity index (χ1n) is 10.2. The van der Waals surface area contributed by atoms with Gasteiger partial charge in [-0.05, 0) is 38.4 Å². The second kappa shape index (κ2) is 7.61. The summed E-state index contributed by atoms with van der Waals surface area (Å²) in [6, 6.07) is 1.58. The van der Waals surface area contributed by atoms with Gasteiger partial charge in [-0.1, -0.05) is 25.4 Å². The van der Waals surface area contributed by atoms with Crippen molar-refractivity contribution in [3.8, 4) is 0 Å². The van der Waals surface area contributed by atoms with Crippen LogP contribution in [0.25, 0.3) is 10.9 Å². The highest BCUT2D eigenvalue weighted by atomic mass is 35.5. The zero-order valence-electron chi connectivity index (χ0n) is 16.6. The lowest BCUT2D eigenvalue weighted by molar-refractivity contribution is 0.0695. The number of halogens is 2. The van der Waals surface area contributed by atoms with Gasteiger partial charge in [0.05, 0.1) is 21.6 Å². The van der Waals surface area contributed by atoms with Gasteiger partial charge >= 0.3 is 5.97 Å². The standard InChI is InChI=1S/C21H25ClFN3O3/c1-3-24(4-2)13-7-8-25(10-13)19-16(23)9-14-18(17(19)22)26(12-5-6-12)11-15(20(14)27)21(28)29/h9,11-13H,3-8,10H2,1-2H3,(H,28,29)/t13-/m0/s1. The van der Waals surface area contributed by atoms with E-state index < -0.39 is 17.2 Å². The lowest BCUT2D eigenvalue weighted by atomic mass is 10.1. The van der Waals surface area contributed by atoms with Crippen molar-refractivity contribution in [1.82, 2.24) is 9.47 Å². The van der Waals surface area contributed by atoms with Crippen LogP contribution in [0.2, 0.25) is 5.02 Å². The minimum absolute atomic E-state index is 0.0301. The normalized spacial score (nSPS) is 19.5. The number of hydrogen-bond donors (Lipinski definition) is 1. The quantitative estimate of drug-likeness (QED) is 0.769. The van der Waals surface area contributed by atoms with E-state index in [0.717, 1.165) is 38.4 Å². The van der Waals surface area contributed by atoms with Gasteiger partial charge in [0.1, 0.15) is 11.4 Å². The number of carboxylic acid groups (broad SMARTS) is 1. The van der Waals surface area contributed by atoms with E-state index in [1.54, 1.807) is 4.57 Å². The first-order valence-corrected chi connectivity index (χ1v) is 10.5. The number of benzene rings is 1. The first-order chi connectivity index (χ1) is 13.9. The van der Waals surface area contributed by atoms with Crippen LogP contribution < -0.4 is 10.3 Å². The molecule has 1 aliphatic carbocycles. The molecule has 4 rings (SSSR count). The Bertz CT molecular complexity index is 1030. The largest absolute Gasteiger partial charge is 0.477 e. The Morgan fingerprint density at radius 1 is 1.31 bits per heavy atom. The first kappa shape index (κ1) is 20.2. The smallest absolute Gasteiger partial charge is 0.341 e.